The Morgan fingerprint density at radius 1 is 1.08 bits per heavy atom. The standard InChI is InChI=1S/C10H20O2/c1-9(2)5-7(11)8(12)10(3,4)6-9/h7-8,11-12H,5-6H2,1-4H3. The number of hydrogen-bond acceptors (Lipinski definition) is 2. The van der Waals surface area contributed by atoms with E-state index in [1.807, 2.05) is 13.8 Å². The maximum atomic E-state index is 9.69. The molecule has 0 bridgehead atoms. The molecule has 2 N–H and O–H groups in total. The second kappa shape index (κ2) is 2.71. The minimum absolute atomic E-state index is 0.152. The van der Waals surface area contributed by atoms with E-state index in [2.05, 4.69) is 13.8 Å². The molecule has 0 heterocycles. The van der Waals surface area contributed by atoms with Crippen molar-refractivity contribution in [1.29, 1.82) is 0 Å². The minimum Gasteiger partial charge on any atom is -0.390 e. The van der Waals surface area contributed by atoms with Crippen LogP contribution >= 0.6 is 0 Å². The van der Waals surface area contributed by atoms with E-state index in [-0.39, 0.29) is 10.8 Å². The first kappa shape index (κ1) is 10.0. The molecule has 1 aliphatic carbocycles. The molecule has 0 radical (unpaired) electrons. The molecule has 72 valence electrons. The number of hydrogen-bond donors (Lipinski definition) is 2. The molecule has 0 aromatic rings. The van der Waals surface area contributed by atoms with Gasteiger partial charge in [0.1, 0.15) is 0 Å². The molecule has 12 heavy (non-hydrogen) atoms. The highest BCUT2D eigenvalue weighted by Crippen LogP contribution is 2.45. The van der Waals surface area contributed by atoms with Gasteiger partial charge in [0.05, 0.1) is 12.2 Å². The fraction of sp³-hybridized carbons (Fsp3) is 1.00. The van der Waals surface area contributed by atoms with Gasteiger partial charge in [-0.05, 0) is 23.7 Å². The zero-order valence-corrected chi connectivity index (χ0v) is 8.46. The van der Waals surface area contributed by atoms with Crippen molar-refractivity contribution >= 4 is 0 Å². The van der Waals surface area contributed by atoms with Gasteiger partial charge in [-0.3, -0.25) is 0 Å². The first-order chi connectivity index (χ1) is 5.25. The SMILES string of the molecule is CC1(C)CC(O)C(O)C(C)(C)C1. The summed E-state index contributed by atoms with van der Waals surface area (Å²) in [6, 6.07) is 0. The molecule has 1 rings (SSSR count). The molecule has 0 spiro atoms. The topological polar surface area (TPSA) is 40.5 Å². The lowest BCUT2D eigenvalue weighted by molar-refractivity contribution is -0.116. The Hall–Kier alpha value is -0.0800. The molecule has 1 fully saturated rings. The quantitative estimate of drug-likeness (QED) is 0.582. The average molecular weight is 172 g/mol. The highest BCUT2D eigenvalue weighted by atomic mass is 16.3. The lowest BCUT2D eigenvalue weighted by Gasteiger charge is -2.46. The summed E-state index contributed by atoms with van der Waals surface area (Å²) in [6.07, 6.45) is 0.560. The van der Waals surface area contributed by atoms with Crippen molar-refractivity contribution in [2.24, 2.45) is 10.8 Å². The lowest BCUT2D eigenvalue weighted by atomic mass is 9.63. The zero-order valence-electron chi connectivity index (χ0n) is 8.46. The van der Waals surface area contributed by atoms with E-state index in [0.717, 1.165) is 6.42 Å². The van der Waals surface area contributed by atoms with Crippen molar-refractivity contribution in [2.45, 2.75) is 52.7 Å². The largest absolute Gasteiger partial charge is 0.390 e. The number of aliphatic hydroxyl groups excluding tert-OH is 2. The van der Waals surface area contributed by atoms with E-state index < -0.39 is 12.2 Å². The maximum absolute atomic E-state index is 9.69. The van der Waals surface area contributed by atoms with Gasteiger partial charge in [0.2, 0.25) is 0 Å². The van der Waals surface area contributed by atoms with Crippen molar-refractivity contribution in [1.82, 2.24) is 0 Å². The van der Waals surface area contributed by atoms with Crippen LogP contribution in [0.2, 0.25) is 0 Å². The molecule has 1 aliphatic rings. The van der Waals surface area contributed by atoms with Gasteiger partial charge >= 0.3 is 0 Å². The summed E-state index contributed by atoms with van der Waals surface area (Å²) in [4.78, 5) is 0. The van der Waals surface area contributed by atoms with Crippen molar-refractivity contribution < 1.29 is 10.2 Å². The average Bonchev–Trinajstić information content (AvgIpc) is 1.79. The molecular weight excluding hydrogens is 152 g/mol. The molecule has 2 unspecified atom stereocenters. The predicted octanol–water partition coefficient (Wildman–Crippen LogP) is 1.55. The monoisotopic (exact) mass is 172 g/mol. The molecule has 0 aliphatic heterocycles. The van der Waals surface area contributed by atoms with Gasteiger partial charge in [-0.2, -0.15) is 0 Å². The van der Waals surface area contributed by atoms with Gasteiger partial charge in [-0.15, -0.1) is 0 Å². The van der Waals surface area contributed by atoms with E-state index >= 15 is 0 Å². The molecule has 1 saturated carbocycles. The molecule has 2 nitrogen and oxygen atoms in total. The van der Waals surface area contributed by atoms with Crippen LogP contribution in [-0.2, 0) is 0 Å². The van der Waals surface area contributed by atoms with Crippen molar-refractivity contribution in [3.63, 3.8) is 0 Å². The number of rotatable bonds is 0. The number of aliphatic hydroxyl groups is 2. The third-order valence-corrected chi connectivity index (χ3v) is 2.86. The molecule has 0 amide bonds. The van der Waals surface area contributed by atoms with Crippen LogP contribution in [0.15, 0.2) is 0 Å². The second-order valence-corrected chi connectivity index (χ2v) is 5.55. The fourth-order valence-electron chi connectivity index (χ4n) is 2.61. The van der Waals surface area contributed by atoms with Gasteiger partial charge in [0.15, 0.2) is 0 Å². The summed E-state index contributed by atoms with van der Waals surface area (Å²) in [5.74, 6) is 0. The second-order valence-electron chi connectivity index (χ2n) is 5.55. The zero-order chi connectivity index (χ0) is 9.57. The van der Waals surface area contributed by atoms with Gasteiger partial charge < -0.3 is 10.2 Å². The Labute approximate surface area is 74.6 Å². The van der Waals surface area contributed by atoms with E-state index in [1.54, 1.807) is 0 Å². The van der Waals surface area contributed by atoms with Gasteiger partial charge in [0, 0.05) is 0 Å². The Kier molecular flexibility index (Phi) is 2.26. The van der Waals surface area contributed by atoms with Crippen LogP contribution in [0.25, 0.3) is 0 Å². The van der Waals surface area contributed by atoms with Gasteiger partial charge in [0.25, 0.3) is 0 Å². The summed E-state index contributed by atoms with van der Waals surface area (Å²) < 4.78 is 0. The van der Waals surface area contributed by atoms with Crippen LogP contribution in [0, 0.1) is 10.8 Å². The molecule has 0 saturated heterocycles. The van der Waals surface area contributed by atoms with Crippen LogP contribution in [-0.4, -0.2) is 22.4 Å². The highest BCUT2D eigenvalue weighted by molar-refractivity contribution is 4.95. The van der Waals surface area contributed by atoms with Crippen LogP contribution in [0.3, 0.4) is 0 Å². The maximum Gasteiger partial charge on any atom is 0.0850 e. The molecule has 0 aromatic carbocycles. The Morgan fingerprint density at radius 3 is 2.00 bits per heavy atom. The molecule has 2 heteroatoms. The van der Waals surface area contributed by atoms with Crippen LogP contribution < -0.4 is 0 Å². The summed E-state index contributed by atoms with van der Waals surface area (Å²) >= 11 is 0. The minimum atomic E-state index is -0.564. The normalized spacial score (nSPS) is 39.5. The van der Waals surface area contributed by atoms with E-state index in [4.69, 9.17) is 0 Å². The van der Waals surface area contributed by atoms with Crippen molar-refractivity contribution in [3.05, 3.63) is 0 Å². The first-order valence-electron chi connectivity index (χ1n) is 4.61. The molecule has 2 atom stereocenters. The third-order valence-electron chi connectivity index (χ3n) is 2.86. The highest BCUT2D eigenvalue weighted by Gasteiger charge is 2.44. The van der Waals surface area contributed by atoms with Crippen molar-refractivity contribution in [3.8, 4) is 0 Å². The summed E-state index contributed by atoms with van der Waals surface area (Å²) in [7, 11) is 0. The smallest absolute Gasteiger partial charge is 0.0850 e. The van der Waals surface area contributed by atoms with Gasteiger partial charge in [-0.1, -0.05) is 27.7 Å². The van der Waals surface area contributed by atoms with Crippen LogP contribution in [0.1, 0.15) is 40.5 Å². The van der Waals surface area contributed by atoms with E-state index in [1.165, 1.54) is 0 Å². The Bertz CT molecular complexity index is 173. The molecule has 0 aromatic heterocycles. The van der Waals surface area contributed by atoms with Crippen LogP contribution in [0.4, 0.5) is 0 Å². The Balaban J connectivity index is 2.80. The Morgan fingerprint density at radius 2 is 1.58 bits per heavy atom. The van der Waals surface area contributed by atoms with E-state index in [9.17, 15) is 10.2 Å². The van der Waals surface area contributed by atoms with Crippen molar-refractivity contribution in [2.75, 3.05) is 0 Å². The predicted molar refractivity (Wildman–Crippen MR) is 48.8 cm³/mol. The molecular formula is C10H20O2. The van der Waals surface area contributed by atoms with E-state index in [0.29, 0.717) is 6.42 Å². The lowest BCUT2D eigenvalue weighted by Crippen LogP contribution is -2.48. The van der Waals surface area contributed by atoms with Crippen LogP contribution in [0.5, 0.6) is 0 Å². The fourth-order valence-corrected chi connectivity index (χ4v) is 2.61. The first-order valence-corrected chi connectivity index (χ1v) is 4.61. The summed E-state index contributed by atoms with van der Waals surface area (Å²) in [6.45, 7) is 8.32. The summed E-state index contributed by atoms with van der Waals surface area (Å²) in [5.41, 5.74) is 0.00329. The van der Waals surface area contributed by atoms with Gasteiger partial charge in [-0.25, -0.2) is 0 Å². The summed E-state index contributed by atoms with van der Waals surface area (Å²) in [5, 5.41) is 19.3. The third kappa shape index (κ3) is 1.80.